The fraction of sp³-hybridized carbons (Fsp3) is 0.444. The lowest BCUT2D eigenvalue weighted by Gasteiger charge is -2.26. The SMILES string of the molecule is CC(C)(C(=O)O)[C@@H](N)c1ccsc1Cl. The molecule has 14 heavy (non-hydrogen) atoms. The maximum Gasteiger partial charge on any atom is 0.311 e. The lowest BCUT2D eigenvalue weighted by atomic mass is 9.82. The monoisotopic (exact) mass is 233 g/mol. The minimum atomic E-state index is -1.01. The van der Waals surface area contributed by atoms with Crippen molar-refractivity contribution in [2.24, 2.45) is 11.1 Å². The normalized spacial score (nSPS) is 14.0. The molecule has 0 aliphatic heterocycles. The van der Waals surface area contributed by atoms with Crippen LogP contribution in [0.3, 0.4) is 0 Å². The third-order valence-corrected chi connectivity index (χ3v) is 3.51. The van der Waals surface area contributed by atoms with Crippen molar-refractivity contribution >= 4 is 28.9 Å². The molecule has 0 aliphatic carbocycles. The molecule has 1 aromatic heterocycles. The van der Waals surface area contributed by atoms with Crippen LogP contribution in [-0.2, 0) is 4.79 Å². The van der Waals surface area contributed by atoms with Gasteiger partial charge in [-0.05, 0) is 30.9 Å². The van der Waals surface area contributed by atoms with E-state index in [0.29, 0.717) is 9.90 Å². The topological polar surface area (TPSA) is 63.3 Å². The number of carbonyl (C=O) groups is 1. The molecule has 0 bridgehead atoms. The van der Waals surface area contributed by atoms with Crippen LogP contribution in [-0.4, -0.2) is 11.1 Å². The Morgan fingerprint density at radius 1 is 1.71 bits per heavy atom. The van der Waals surface area contributed by atoms with E-state index < -0.39 is 17.4 Å². The molecule has 5 heteroatoms. The summed E-state index contributed by atoms with van der Waals surface area (Å²) < 4.78 is 0.562. The van der Waals surface area contributed by atoms with E-state index >= 15 is 0 Å². The third kappa shape index (κ3) is 1.92. The van der Waals surface area contributed by atoms with Gasteiger partial charge in [-0.15, -0.1) is 11.3 Å². The van der Waals surface area contributed by atoms with Crippen molar-refractivity contribution in [2.75, 3.05) is 0 Å². The summed E-state index contributed by atoms with van der Waals surface area (Å²) in [4.78, 5) is 10.9. The third-order valence-electron chi connectivity index (χ3n) is 2.31. The second-order valence-corrected chi connectivity index (χ2v) is 5.17. The smallest absolute Gasteiger partial charge is 0.311 e. The van der Waals surface area contributed by atoms with Crippen LogP contribution in [0.5, 0.6) is 0 Å². The van der Waals surface area contributed by atoms with Gasteiger partial charge in [0.05, 0.1) is 9.75 Å². The Labute approximate surface area is 91.5 Å². The molecule has 0 amide bonds. The highest BCUT2D eigenvalue weighted by Gasteiger charge is 2.36. The zero-order chi connectivity index (χ0) is 10.9. The van der Waals surface area contributed by atoms with Gasteiger partial charge in [0.1, 0.15) is 0 Å². The number of rotatable bonds is 3. The average Bonchev–Trinajstić information content (AvgIpc) is 2.49. The lowest BCUT2D eigenvalue weighted by molar-refractivity contribution is -0.148. The minimum Gasteiger partial charge on any atom is -0.481 e. The lowest BCUT2D eigenvalue weighted by Crippen LogP contribution is -2.36. The van der Waals surface area contributed by atoms with Crippen molar-refractivity contribution in [3.63, 3.8) is 0 Å². The van der Waals surface area contributed by atoms with Crippen LogP contribution in [0.15, 0.2) is 11.4 Å². The molecule has 0 aliphatic rings. The predicted octanol–water partition coefficient (Wildman–Crippen LogP) is 2.51. The van der Waals surface area contributed by atoms with Crippen LogP contribution >= 0.6 is 22.9 Å². The molecule has 0 aromatic carbocycles. The minimum absolute atomic E-state index is 0.562. The quantitative estimate of drug-likeness (QED) is 0.843. The second-order valence-electron chi connectivity index (χ2n) is 3.65. The fourth-order valence-corrected chi connectivity index (χ4v) is 2.05. The highest BCUT2D eigenvalue weighted by molar-refractivity contribution is 7.14. The number of carboxylic acid groups (broad SMARTS) is 1. The number of carboxylic acids is 1. The number of hydrogen-bond acceptors (Lipinski definition) is 3. The van der Waals surface area contributed by atoms with Gasteiger partial charge in [-0.1, -0.05) is 11.6 Å². The Bertz CT molecular complexity index is 348. The second kappa shape index (κ2) is 3.88. The number of aliphatic carboxylic acids is 1. The summed E-state index contributed by atoms with van der Waals surface area (Å²) in [5.41, 5.74) is 5.55. The van der Waals surface area contributed by atoms with Gasteiger partial charge in [-0.25, -0.2) is 0 Å². The van der Waals surface area contributed by atoms with Crippen LogP contribution in [0.2, 0.25) is 4.34 Å². The molecule has 78 valence electrons. The van der Waals surface area contributed by atoms with Gasteiger partial charge in [0.15, 0.2) is 0 Å². The highest BCUT2D eigenvalue weighted by Crippen LogP contribution is 2.37. The summed E-state index contributed by atoms with van der Waals surface area (Å²) in [6.45, 7) is 3.18. The Hall–Kier alpha value is -0.580. The van der Waals surface area contributed by atoms with Crippen LogP contribution in [0.4, 0.5) is 0 Å². The number of hydrogen-bond donors (Lipinski definition) is 2. The van der Waals surface area contributed by atoms with Gasteiger partial charge in [-0.2, -0.15) is 0 Å². The van der Waals surface area contributed by atoms with Crippen molar-refractivity contribution < 1.29 is 9.90 Å². The molecule has 0 spiro atoms. The van der Waals surface area contributed by atoms with Crippen LogP contribution in [0.1, 0.15) is 25.5 Å². The standard InChI is InChI=1S/C9H12ClNO2S/c1-9(2,8(12)13)6(11)5-3-4-14-7(5)10/h3-4,6H,11H2,1-2H3,(H,12,13)/t6-/m0/s1. The Morgan fingerprint density at radius 3 is 2.64 bits per heavy atom. The van der Waals surface area contributed by atoms with Crippen LogP contribution in [0, 0.1) is 5.41 Å². The van der Waals surface area contributed by atoms with Crippen molar-refractivity contribution in [2.45, 2.75) is 19.9 Å². The Morgan fingerprint density at radius 2 is 2.29 bits per heavy atom. The molecule has 0 saturated carbocycles. The maximum atomic E-state index is 10.9. The summed E-state index contributed by atoms with van der Waals surface area (Å²) in [6, 6.07) is 1.18. The molecule has 3 nitrogen and oxygen atoms in total. The number of nitrogens with two attached hydrogens (primary N) is 1. The summed E-state index contributed by atoms with van der Waals surface area (Å²) in [5, 5.41) is 10.8. The van der Waals surface area contributed by atoms with E-state index in [1.54, 1.807) is 25.3 Å². The first kappa shape index (κ1) is 11.5. The van der Waals surface area contributed by atoms with Gasteiger partial charge in [0, 0.05) is 6.04 Å². The largest absolute Gasteiger partial charge is 0.481 e. The van der Waals surface area contributed by atoms with E-state index in [1.165, 1.54) is 11.3 Å². The van der Waals surface area contributed by atoms with E-state index in [1.807, 2.05) is 0 Å². The van der Waals surface area contributed by atoms with Gasteiger partial charge >= 0.3 is 5.97 Å². The Kier molecular flexibility index (Phi) is 3.19. The summed E-state index contributed by atoms with van der Waals surface area (Å²) >= 11 is 7.24. The van der Waals surface area contributed by atoms with E-state index in [2.05, 4.69) is 0 Å². The Balaban J connectivity index is 3.02. The van der Waals surface area contributed by atoms with Gasteiger partial charge in [-0.3, -0.25) is 4.79 Å². The van der Waals surface area contributed by atoms with E-state index in [4.69, 9.17) is 22.4 Å². The molecular formula is C9H12ClNO2S. The number of thiophene rings is 1. The molecule has 3 N–H and O–H groups in total. The summed E-state index contributed by atoms with van der Waals surface area (Å²) in [5.74, 6) is -0.924. The molecule has 0 radical (unpaired) electrons. The van der Waals surface area contributed by atoms with Crippen molar-refractivity contribution in [1.29, 1.82) is 0 Å². The first-order valence-electron chi connectivity index (χ1n) is 4.09. The van der Waals surface area contributed by atoms with E-state index in [-0.39, 0.29) is 0 Å². The fourth-order valence-electron chi connectivity index (χ4n) is 1.05. The molecule has 1 heterocycles. The van der Waals surface area contributed by atoms with Crippen molar-refractivity contribution in [3.8, 4) is 0 Å². The van der Waals surface area contributed by atoms with E-state index in [0.717, 1.165) is 0 Å². The molecule has 0 saturated heterocycles. The first-order valence-corrected chi connectivity index (χ1v) is 5.35. The van der Waals surface area contributed by atoms with Crippen molar-refractivity contribution in [3.05, 3.63) is 21.3 Å². The summed E-state index contributed by atoms with van der Waals surface area (Å²) in [6.07, 6.45) is 0. The predicted molar refractivity (Wildman–Crippen MR) is 57.7 cm³/mol. The first-order chi connectivity index (χ1) is 6.37. The molecule has 1 rings (SSSR count). The zero-order valence-corrected chi connectivity index (χ0v) is 9.52. The molecular weight excluding hydrogens is 222 g/mol. The van der Waals surface area contributed by atoms with Crippen molar-refractivity contribution in [1.82, 2.24) is 0 Å². The van der Waals surface area contributed by atoms with Gasteiger partial charge in [0.25, 0.3) is 0 Å². The maximum absolute atomic E-state index is 10.9. The zero-order valence-electron chi connectivity index (χ0n) is 7.95. The molecule has 1 atom stereocenters. The molecule has 0 fully saturated rings. The van der Waals surface area contributed by atoms with Gasteiger partial charge in [0.2, 0.25) is 0 Å². The summed E-state index contributed by atoms with van der Waals surface area (Å²) in [7, 11) is 0. The van der Waals surface area contributed by atoms with E-state index in [9.17, 15) is 4.79 Å². The molecule has 0 unspecified atom stereocenters. The van der Waals surface area contributed by atoms with Gasteiger partial charge < -0.3 is 10.8 Å². The van der Waals surface area contributed by atoms with Crippen LogP contribution in [0.25, 0.3) is 0 Å². The number of halogens is 1. The van der Waals surface area contributed by atoms with Crippen LogP contribution < -0.4 is 5.73 Å². The average molecular weight is 234 g/mol. The highest BCUT2D eigenvalue weighted by atomic mass is 35.5. The molecule has 1 aromatic rings.